The van der Waals surface area contributed by atoms with Crippen LogP contribution in [-0.4, -0.2) is 18.1 Å². The van der Waals surface area contributed by atoms with E-state index in [1.54, 1.807) is 0 Å². The molecule has 0 radical (unpaired) electrons. The van der Waals surface area contributed by atoms with Gasteiger partial charge in [-0.2, -0.15) is 0 Å². The first-order valence-electron chi connectivity index (χ1n) is 5.67. The van der Waals surface area contributed by atoms with Crippen LogP contribution in [0.3, 0.4) is 0 Å². The lowest BCUT2D eigenvalue weighted by Gasteiger charge is -2.22. The van der Waals surface area contributed by atoms with Crippen LogP contribution in [-0.2, 0) is 9.53 Å². The van der Waals surface area contributed by atoms with Gasteiger partial charge < -0.3 is 10.5 Å². The zero-order valence-corrected chi connectivity index (χ0v) is 10.2. The van der Waals surface area contributed by atoms with Gasteiger partial charge in [-0.25, -0.2) is 0 Å². The second kappa shape index (κ2) is 7.94. The summed E-state index contributed by atoms with van der Waals surface area (Å²) in [6.07, 6.45) is 7.10. The minimum absolute atomic E-state index is 0. The molecule has 0 bridgehead atoms. The highest BCUT2D eigenvalue weighted by atomic mass is 35.5. The second-order valence-corrected chi connectivity index (χ2v) is 4.12. The number of ether oxygens (including phenoxy) is 1. The van der Waals surface area contributed by atoms with E-state index in [-0.39, 0.29) is 30.5 Å². The summed E-state index contributed by atoms with van der Waals surface area (Å²) in [4.78, 5) is 11.4. The molecule has 1 unspecified atom stereocenters. The molecule has 1 fully saturated rings. The van der Waals surface area contributed by atoms with Crippen molar-refractivity contribution < 1.29 is 9.53 Å². The van der Waals surface area contributed by atoms with Gasteiger partial charge in [-0.15, -0.1) is 12.4 Å². The van der Waals surface area contributed by atoms with Gasteiger partial charge in [-0.3, -0.25) is 4.79 Å². The van der Waals surface area contributed by atoms with Crippen LogP contribution in [0, 0.1) is 0 Å². The molecule has 1 aliphatic carbocycles. The monoisotopic (exact) mass is 235 g/mol. The van der Waals surface area contributed by atoms with E-state index in [4.69, 9.17) is 10.5 Å². The Kier molecular flexibility index (Phi) is 7.79. The highest BCUT2D eigenvalue weighted by molar-refractivity contribution is 5.85. The Morgan fingerprint density at radius 3 is 2.53 bits per heavy atom. The third-order valence-electron chi connectivity index (χ3n) is 2.80. The van der Waals surface area contributed by atoms with E-state index in [0.29, 0.717) is 6.42 Å². The third kappa shape index (κ3) is 6.00. The van der Waals surface area contributed by atoms with Gasteiger partial charge in [0.25, 0.3) is 0 Å². The summed E-state index contributed by atoms with van der Waals surface area (Å²) < 4.78 is 5.34. The van der Waals surface area contributed by atoms with Gasteiger partial charge in [0.05, 0.1) is 6.42 Å². The van der Waals surface area contributed by atoms with Gasteiger partial charge in [-0.05, 0) is 32.1 Å². The molecule has 1 aliphatic rings. The summed E-state index contributed by atoms with van der Waals surface area (Å²) in [5, 5.41) is 0. The minimum atomic E-state index is -0.119. The fourth-order valence-corrected chi connectivity index (χ4v) is 1.78. The van der Waals surface area contributed by atoms with Gasteiger partial charge in [0.2, 0.25) is 0 Å². The van der Waals surface area contributed by atoms with E-state index in [0.717, 1.165) is 19.3 Å². The van der Waals surface area contributed by atoms with Crippen LogP contribution >= 0.6 is 12.4 Å². The summed E-state index contributed by atoms with van der Waals surface area (Å²) in [6.45, 7) is 1.98. The molecular weight excluding hydrogens is 214 g/mol. The van der Waals surface area contributed by atoms with Crippen LogP contribution in [0.25, 0.3) is 0 Å². The molecule has 2 N–H and O–H groups in total. The van der Waals surface area contributed by atoms with Gasteiger partial charge >= 0.3 is 5.97 Å². The lowest BCUT2D eigenvalue weighted by Crippen LogP contribution is -2.27. The first-order chi connectivity index (χ1) is 6.72. The maximum absolute atomic E-state index is 11.4. The Bertz CT molecular complexity index is 181. The molecule has 0 aromatic rings. The fraction of sp³-hybridized carbons (Fsp3) is 0.909. The van der Waals surface area contributed by atoms with Crippen molar-refractivity contribution in [2.45, 2.75) is 64.0 Å². The molecule has 1 saturated carbocycles. The number of carbonyl (C=O) groups is 1. The van der Waals surface area contributed by atoms with E-state index in [9.17, 15) is 4.79 Å². The molecule has 0 saturated heterocycles. The summed E-state index contributed by atoms with van der Waals surface area (Å²) in [5.41, 5.74) is 5.68. The van der Waals surface area contributed by atoms with Crippen LogP contribution in [0.15, 0.2) is 0 Å². The molecule has 0 amide bonds. The van der Waals surface area contributed by atoms with Crippen molar-refractivity contribution >= 4 is 18.4 Å². The molecular formula is C11H22ClNO2. The number of nitrogens with two attached hydrogens (primary N) is 1. The average molecular weight is 236 g/mol. The normalized spacial score (nSPS) is 19.1. The van der Waals surface area contributed by atoms with Crippen LogP contribution in [0.5, 0.6) is 0 Å². The highest BCUT2D eigenvalue weighted by Gasteiger charge is 2.18. The first-order valence-corrected chi connectivity index (χ1v) is 5.67. The highest BCUT2D eigenvalue weighted by Crippen LogP contribution is 2.20. The molecule has 0 aromatic carbocycles. The van der Waals surface area contributed by atoms with Crippen LogP contribution in [0.4, 0.5) is 0 Å². The minimum Gasteiger partial charge on any atom is -0.462 e. The standard InChI is InChI=1S/C11H21NO2.ClH/c1-2-9(12)8-11(13)14-10-6-4-3-5-7-10;/h9-10H,2-8,12H2,1H3;1H. The quantitative estimate of drug-likeness (QED) is 0.762. The third-order valence-corrected chi connectivity index (χ3v) is 2.80. The summed E-state index contributed by atoms with van der Waals surface area (Å²) in [5.74, 6) is -0.119. The Labute approximate surface area is 98.2 Å². The molecule has 4 heteroatoms. The number of carbonyl (C=O) groups excluding carboxylic acids is 1. The van der Waals surface area contributed by atoms with Gasteiger partial charge in [0, 0.05) is 6.04 Å². The van der Waals surface area contributed by atoms with Crippen molar-refractivity contribution in [2.75, 3.05) is 0 Å². The molecule has 0 heterocycles. The molecule has 3 nitrogen and oxygen atoms in total. The number of esters is 1. The van der Waals surface area contributed by atoms with Crippen LogP contribution < -0.4 is 5.73 Å². The van der Waals surface area contributed by atoms with Crippen molar-refractivity contribution in [3.63, 3.8) is 0 Å². The van der Waals surface area contributed by atoms with E-state index in [1.807, 2.05) is 6.92 Å². The van der Waals surface area contributed by atoms with Crippen LogP contribution in [0.2, 0.25) is 0 Å². The molecule has 15 heavy (non-hydrogen) atoms. The second-order valence-electron chi connectivity index (χ2n) is 4.12. The van der Waals surface area contributed by atoms with Crippen molar-refractivity contribution in [3.8, 4) is 0 Å². The summed E-state index contributed by atoms with van der Waals surface area (Å²) in [6, 6.07) is -0.0360. The fourth-order valence-electron chi connectivity index (χ4n) is 1.78. The van der Waals surface area contributed by atoms with Crippen LogP contribution in [0.1, 0.15) is 51.9 Å². The molecule has 1 atom stereocenters. The van der Waals surface area contributed by atoms with E-state index in [1.165, 1.54) is 19.3 Å². The number of hydrogen-bond donors (Lipinski definition) is 1. The Morgan fingerprint density at radius 2 is 2.00 bits per heavy atom. The molecule has 90 valence electrons. The number of halogens is 1. The Balaban J connectivity index is 0.00000196. The van der Waals surface area contributed by atoms with Crippen molar-refractivity contribution in [2.24, 2.45) is 5.73 Å². The lowest BCUT2D eigenvalue weighted by molar-refractivity contribution is -0.150. The lowest BCUT2D eigenvalue weighted by atomic mass is 9.98. The van der Waals surface area contributed by atoms with Gasteiger partial charge in [-0.1, -0.05) is 13.3 Å². The van der Waals surface area contributed by atoms with Gasteiger partial charge in [0.15, 0.2) is 0 Å². The summed E-state index contributed by atoms with van der Waals surface area (Å²) >= 11 is 0. The summed E-state index contributed by atoms with van der Waals surface area (Å²) in [7, 11) is 0. The smallest absolute Gasteiger partial charge is 0.307 e. The number of hydrogen-bond acceptors (Lipinski definition) is 3. The van der Waals surface area contributed by atoms with Crippen molar-refractivity contribution in [1.82, 2.24) is 0 Å². The molecule has 0 aromatic heterocycles. The Morgan fingerprint density at radius 1 is 1.40 bits per heavy atom. The largest absolute Gasteiger partial charge is 0.462 e. The predicted octanol–water partition coefficient (Wildman–Crippen LogP) is 2.41. The van der Waals surface area contributed by atoms with Gasteiger partial charge in [0.1, 0.15) is 6.10 Å². The first kappa shape index (κ1) is 14.7. The topological polar surface area (TPSA) is 52.3 Å². The SMILES string of the molecule is CCC(N)CC(=O)OC1CCCCC1.Cl. The van der Waals surface area contributed by atoms with E-state index < -0.39 is 0 Å². The van der Waals surface area contributed by atoms with E-state index in [2.05, 4.69) is 0 Å². The molecule has 0 aliphatic heterocycles. The maximum atomic E-state index is 11.4. The molecule has 1 rings (SSSR count). The number of rotatable bonds is 4. The predicted molar refractivity (Wildman–Crippen MR) is 63.1 cm³/mol. The van der Waals surface area contributed by atoms with Crippen molar-refractivity contribution in [3.05, 3.63) is 0 Å². The maximum Gasteiger partial charge on any atom is 0.307 e. The zero-order valence-electron chi connectivity index (χ0n) is 9.41. The zero-order chi connectivity index (χ0) is 10.4. The molecule has 0 spiro atoms. The average Bonchev–Trinajstić information content (AvgIpc) is 2.19. The Hall–Kier alpha value is -0.280. The van der Waals surface area contributed by atoms with Crippen molar-refractivity contribution in [1.29, 1.82) is 0 Å². The van der Waals surface area contributed by atoms with E-state index >= 15 is 0 Å².